The lowest BCUT2D eigenvalue weighted by Crippen LogP contribution is -2.31. The van der Waals surface area contributed by atoms with Crippen LogP contribution in [0.15, 0.2) is 12.4 Å². The molecule has 1 aliphatic carbocycles. The number of aromatic nitrogens is 5. The van der Waals surface area contributed by atoms with Crippen LogP contribution in [0.4, 0.5) is 0 Å². The Hall–Kier alpha value is -1.62. The Morgan fingerprint density at radius 3 is 2.58 bits per heavy atom. The number of rotatable bonds is 8. The first-order valence-electron chi connectivity index (χ1n) is 10.5. The van der Waals surface area contributed by atoms with Crippen LogP contribution in [0.3, 0.4) is 0 Å². The molecule has 0 N–H and O–H groups in total. The highest BCUT2D eigenvalue weighted by molar-refractivity contribution is 7.91. The van der Waals surface area contributed by atoms with E-state index in [-0.39, 0.29) is 23.2 Å². The van der Waals surface area contributed by atoms with Gasteiger partial charge in [0.25, 0.3) is 0 Å². The van der Waals surface area contributed by atoms with Gasteiger partial charge in [-0.2, -0.15) is 0 Å². The normalized spacial score (nSPS) is 22.8. The van der Waals surface area contributed by atoms with E-state index in [0.717, 1.165) is 37.9 Å². The molecule has 3 atom stereocenters. The molecule has 11 heteroatoms. The molecule has 3 heterocycles. The molecule has 4 rings (SSSR count). The number of hydrogen-bond donors (Lipinski definition) is 0. The lowest BCUT2D eigenvalue weighted by atomic mass is 10.1. The van der Waals surface area contributed by atoms with Crippen LogP contribution in [0.5, 0.6) is 0 Å². The third-order valence-electron chi connectivity index (χ3n) is 6.21. The Morgan fingerprint density at radius 1 is 1.29 bits per heavy atom. The summed E-state index contributed by atoms with van der Waals surface area (Å²) < 4.78 is 40.1. The maximum Gasteiger partial charge on any atom is 0.163 e. The maximum atomic E-state index is 13.4. The van der Waals surface area contributed by atoms with Gasteiger partial charge in [0.1, 0.15) is 23.8 Å². The zero-order chi connectivity index (χ0) is 22.2. The molecule has 9 nitrogen and oxygen atoms in total. The number of sulfone groups is 1. The van der Waals surface area contributed by atoms with Gasteiger partial charge in [-0.1, -0.05) is 11.6 Å². The summed E-state index contributed by atoms with van der Waals surface area (Å²) in [6.45, 7) is 4.41. The van der Waals surface area contributed by atoms with E-state index in [1.165, 1.54) is 19.5 Å². The molecule has 0 aromatic carbocycles. The summed E-state index contributed by atoms with van der Waals surface area (Å²) in [4.78, 5) is 8.28. The van der Waals surface area contributed by atoms with Crippen LogP contribution in [0.25, 0.3) is 0 Å². The second-order valence-electron chi connectivity index (χ2n) is 8.59. The fourth-order valence-corrected chi connectivity index (χ4v) is 5.56. The molecule has 0 spiro atoms. The highest BCUT2D eigenvalue weighted by Gasteiger charge is 2.45. The van der Waals surface area contributed by atoms with Crippen LogP contribution in [-0.2, 0) is 30.6 Å². The Kier molecular flexibility index (Phi) is 6.35. The zero-order valence-corrected chi connectivity index (χ0v) is 19.6. The van der Waals surface area contributed by atoms with Gasteiger partial charge in [0.2, 0.25) is 0 Å². The van der Waals surface area contributed by atoms with Gasteiger partial charge in [0.05, 0.1) is 10.3 Å². The van der Waals surface area contributed by atoms with Gasteiger partial charge < -0.3 is 14.0 Å². The number of nitrogens with zero attached hydrogens (tertiary/aromatic N) is 5. The zero-order valence-electron chi connectivity index (χ0n) is 18.0. The quantitative estimate of drug-likeness (QED) is 0.579. The number of methoxy groups -OCH3 is 1. The Morgan fingerprint density at radius 2 is 2.00 bits per heavy atom. The molecular weight excluding hydrogens is 442 g/mol. The predicted octanol–water partition coefficient (Wildman–Crippen LogP) is 3.16. The Balaban J connectivity index is 1.61. The van der Waals surface area contributed by atoms with Crippen LogP contribution < -0.4 is 0 Å². The Bertz CT molecular complexity index is 1020. The lowest BCUT2D eigenvalue weighted by Gasteiger charge is -2.26. The SMILES string of the molecule is CO[C@H](c1ncc(Cl)cn1)[C@H](C)S(=O)(=O)Cc1nnc([C@@H]2CCCCO2)n1C1(C)CC1. The summed E-state index contributed by atoms with van der Waals surface area (Å²) in [5, 5.41) is 8.16. The second-order valence-corrected chi connectivity index (χ2v) is 11.4. The van der Waals surface area contributed by atoms with E-state index in [4.69, 9.17) is 21.1 Å². The van der Waals surface area contributed by atoms with Crippen LogP contribution >= 0.6 is 11.6 Å². The maximum absolute atomic E-state index is 13.4. The van der Waals surface area contributed by atoms with E-state index in [2.05, 4.69) is 27.1 Å². The number of ether oxygens (including phenoxy) is 2. The van der Waals surface area contributed by atoms with E-state index >= 15 is 0 Å². The molecule has 1 saturated carbocycles. The minimum atomic E-state index is -3.66. The third kappa shape index (κ3) is 4.62. The molecular formula is C20H28ClN5O4S. The van der Waals surface area contributed by atoms with Crippen molar-refractivity contribution in [1.29, 1.82) is 0 Å². The Labute approximate surface area is 187 Å². The molecule has 170 valence electrons. The minimum absolute atomic E-state index is 0.137. The first-order chi connectivity index (χ1) is 14.7. The molecule has 2 aliphatic rings. The van der Waals surface area contributed by atoms with Gasteiger partial charge in [0.15, 0.2) is 21.5 Å². The highest BCUT2D eigenvalue weighted by Crippen LogP contribution is 2.46. The van der Waals surface area contributed by atoms with Gasteiger partial charge in [-0.15, -0.1) is 10.2 Å². The summed E-state index contributed by atoms with van der Waals surface area (Å²) in [6.07, 6.45) is 6.79. The van der Waals surface area contributed by atoms with Crippen molar-refractivity contribution in [3.05, 3.63) is 34.9 Å². The molecule has 0 unspecified atom stereocenters. The third-order valence-corrected chi connectivity index (χ3v) is 8.44. The number of hydrogen-bond acceptors (Lipinski definition) is 8. The minimum Gasteiger partial charge on any atom is -0.372 e. The predicted molar refractivity (Wildman–Crippen MR) is 114 cm³/mol. The summed E-state index contributed by atoms with van der Waals surface area (Å²) in [5.74, 6) is 1.22. The fraction of sp³-hybridized carbons (Fsp3) is 0.700. The van der Waals surface area contributed by atoms with Crippen molar-refractivity contribution in [2.24, 2.45) is 0 Å². The van der Waals surface area contributed by atoms with Crippen molar-refractivity contribution in [3.63, 3.8) is 0 Å². The van der Waals surface area contributed by atoms with Crippen molar-refractivity contribution in [1.82, 2.24) is 24.7 Å². The molecule has 2 aromatic rings. The van der Waals surface area contributed by atoms with Crippen molar-refractivity contribution in [2.75, 3.05) is 13.7 Å². The average molecular weight is 470 g/mol. The van der Waals surface area contributed by atoms with Crippen LogP contribution in [0.2, 0.25) is 5.02 Å². The molecule has 1 aliphatic heterocycles. The smallest absolute Gasteiger partial charge is 0.163 e. The summed E-state index contributed by atoms with van der Waals surface area (Å²) >= 11 is 5.86. The van der Waals surface area contributed by atoms with Gasteiger partial charge in [-0.05, 0) is 46.0 Å². The van der Waals surface area contributed by atoms with Crippen molar-refractivity contribution < 1.29 is 17.9 Å². The van der Waals surface area contributed by atoms with E-state index in [9.17, 15) is 8.42 Å². The van der Waals surface area contributed by atoms with E-state index in [1.54, 1.807) is 6.92 Å². The molecule has 1 saturated heterocycles. The van der Waals surface area contributed by atoms with Crippen molar-refractivity contribution in [2.45, 2.75) is 74.7 Å². The van der Waals surface area contributed by atoms with Crippen LogP contribution in [-0.4, -0.2) is 52.1 Å². The van der Waals surface area contributed by atoms with Gasteiger partial charge in [-0.25, -0.2) is 18.4 Å². The average Bonchev–Trinajstić information content (AvgIpc) is 3.36. The van der Waals surface area contributed by atoms with E-state index in [0.29, 0.717) is 17.5 Å². The van der Waals surface area contributed by atoms with E-state index in [1.807, 2.05) is 4.57 Å². The van der Waals surface area contributed by atoms with Gasteiger partial charge in [0, 0.05) is 31.6 Å². The largest absolute Gasteiger partial charge is 0.372 e. The summed E-state index contributed by atoms with van der Waals surface area (Å²) in [6, 6.07) is 0. The van der Waals surface area contributed by atoms with Gasteiger partial charge >= 0.3 is 0 Å². The van der Waals surface area contributed by atoms with Crippen molar-refractivity contribution >= 4 is 21.4 Å². The highest BCUT2D eigenvalue weighted by atomic mass is 35.5. The lowest BCUT2D eigenvalue weighted by molar-refractivity contribution is 0.00596. The van der Waals surface area contributed by atoms with Gasteiger partial charge in [-0.3, -0.25) is 0 Å². The molecule has 2 aromatic heterocycles. The molecule has 0 bridgehead atoms. The standard InChI is InChI=1S/C20H28ClN5O4S/c1-13(17(29-3)18-22-10-14(21)11-23-18)31(27,28)12-16-24-25-19(15-6-4-5-9-30-15)26(16)20(2)7-8-20/h10-11,13,15,17H,4-9,12H2,1-3H3/t13-,15-,17-/m0/s1. The van der Waals surface area contributed by atoms with Crippen LogP contribution in [0.1, 0.15) is 75.6 Å². The monoisotopic (exact) mass is 469 g/mol. The molecule has 0 amide bonds. The van der Waals surface area contributed by atoms with Crippen molar-refractivity contribution in [3.8, 4) is 0 Å². The summed E-state index contributed by atoms with van der Waals surface area (Å²) in [7, 11) is -2.21. The van der Waals surface area contributed by atoms with Crippen LogP contribution in [0, 0.1) is 0 Å². The first kappa shape index (κ1) is 22.6. The first-order valence-corrected chi connectivity index (χ1v) is 12.6. The summed E-state index contributed by atoms with van der Waals surface area (Å²) in [5.41, 5.74) is -0.159. The topological polar surface area (TPSA) is 109 Å². The second kappa shape index (κ2) is 8.73. The number of halogens is 1. The van der Waals surface area contributed by atoms with E-state index < -0.39 is 21.2 Å². The molecule has 2 fully saturated rings. The molecule has 31 heavy (non-hydrogen) atoms. The molecule has 0 radical (unpaired) electrons. The fourth-order valence-electron chi connectivity index (χ4n) is 4.05.